The number of halogens is 1. The second-order valence-corrected chi connectivity index (χ2v) is 6.15. The molecule has 2 N–H and O–H groups in total. The van der Waals surface area contributed by atoms with Crippen LogP contribution in [-0.4, -0.2) is 44.4 Å². The van der Waals surface area contributed by atoms with Crippen molar-refractivity contribution < 1.29 is 14.2 Å². The van der Waals surface area contributed by atoms with Crippen LogP contribution in [0.15, 0.2) is 41.5 Å². The van der Waals surface area contributed by atoms with Crippen LogP contribution < -0.4 is 24.8 Å². The third-order valence-electron chi connectivity index (χ3n) is 4.11. The summed E-state index contributed by atoms with van der Waals surface area (Å²) in [5.74, 6) is 2.95. The highest BCUT2D eigenvalue weighted by Gasteiger charge is 2.08. The Bertz CT molecular complexity index is 787. The van der Waals surface area contributed by atoms with Crippen LogP contribution in [0, 0.1) is 0 Å². The number of hydrogen-bond acceptors (Lipinski definition) is 5. The molecule has 0 fully saturated rings. The van der Waals surface area contributed by atoms with Crippen LogP contribution in [0.3, 0.4) is 0 Å². The van der Waals surface area contributed by atoms with Gasteiger partial charge in [-0.1, -0.05) is 12.1 Å². The van der Waals surface area contributed by atoms with Crippen LogP contribution >= 0.6 is 24.0 Å². The van der Waals surface area contributed by atoms with Crippen molar-refractivity contribution in [3.05, 3.63) is 47.7 Å². The summed E-state index contributed by atoms with van der Waals surface area (Å²) in [6.45, 7) is 9.02. The molecule has 0 aliphatic rings. The number of pyridine rings is 1. The van der Waals surface area contributed by atoms with E-state index in [1.54, 1.807) is 13.2 Å². The van der Waals surface area contributed by atoms with Crippen LogP contribution in [0.1, 0.15) is 31.9 Å². The molecule has 1 aromatic heterocycles. The first-order valence-electron chi connectivity index (χ1n) is 10.1. The van der Waals surface area contributed by atoms with Gasteiger partial charge in [0, 0.05) is 31.9 Å². The monoisotopic (exact) mass is 528 g/mol. The predicted octanol–water partition coefficient (Wildman–Crippen LogP) is 3.80. The van der Waals surface area contributed by atoms with Crippen LogP contribution in [0.4, 0.5) is 0 Å². The first kappa shape index (κ1) is 25.8. The molecule has 2 rings (SSSR count). The molecular formula is C22H33IN4O3. The number of hydrogen-bond donors (Lipinski definition) is 2. The molecule has 1 heterocycles. The normalized spacial score (nSPS) is 10.7. The minimum absolute atomic E-state index is 0. The zero-order valence-electron chi connectivity index (χ0n) is 18.2. The third kappa shape index (κ3) is 8.25. The Labute approximate surface area is 196 Å². The number of guanidine groups is 1. The van der Waals surface area contributed by atoms with Crippen LogP contribution in [-0.2, 0) is 13.0 Å². The lowest BCUT2D eigenvalue weighted by Gasteiger charge is -2.15. The second-order valence-electron chi connectivity index (χ2n) is 6.15. The average molecular weight is 528 g/mol. The van der Waals surface area contributed by atoms with Crippen molar-refractivity contribution in [1.82, 2.24) is 15.6 Å². The second kappa shape index (κ2) is 14.7. The van der Waals surface area contributed by atoms with E-state index >= 15 is 0 Å². The highest BCUT2D eigenvalue weighted by atomic mass is 127. The number of aliphatic imine (C=N–C) groups is 1. The minimum atomic E-state index is 0. The molecule has 0 aliphatic carbocycles. The van der Waals surface area contributed by atoms with Crippen molar-refractivity contribution in [3.63, 3.8) is 0 Å². The largest absolute Gasteiger partial charge is 0.490 e. The highest BCUT2D eigenvalue weighted by molar-refractivity contribution is 14.0. The fourth-order valence-electron chi connectivity index (χ4n) is 2.80. The zero-order chi connectivity index (χ0) is 20.9. The molecule has 0 atom stereocenters. The van der Waals surface area contributed by atoms with Crippen molar-refractivity contribution in [2.75, 3.05) is 33.4 Å². The molecule has 0 spiro atoms. The Kier molecular flexibility index (Phi) is 12.6. The molecule has 7 nitrogen and oxygen atoms in total. The maximum absolute atomic E-state index is 5.70. The van der Waals surface area contributed by atoms with Crippen LogP contribution in [0.2, 0.25) is 0 Å². The van der Waals surface area contributed by atoms with Gasteiger partial charge in [0.2, 0.25) is 5.88 Å². The van der Waals surface area contributed by atoms with Gasteiger partial charge in [-0.3, -0.25) is 4.99 Å². The van der Waals surface area contributed by atoms with Gasteiger partial charge in [-0.15, -0.1) is 24.0 Å². The van der Waals surface area contributed by atoms with E-state index in [-0.39, 0.29) is 24.0 Å². The standard InChI is InChI=1S/C22H32N4O3.HI/c1-5-27-19-11-10-17(15-20(19)28-6-2)12-14-25-22(23-4)26-16-18-9-8-13-24-21(18)29-7-3;/h8-11,13,15H,5-7,12,14,16H2,1-4H3,(H2,23,25,26);1H. The minimum Gasteiger partial charge on any atom is -0.490 e. The van der Waals surface area contributed by atoms with Crippen molar-refractivity contribution in [1.29, 1.82) is 0 Å². The Morgan fingerprint density at radius 1 is 0.967 bits per heavy atom. The smallest absolute Gasteiger partial charge is 0.218 e. The van der Waals surface area contributed by atoms with Crippen LogP contribution in [0.5, 0.6) is 17.4 Å². The Morgan fingerprint density at radius 2 is 1.70 bits per heavy atom. The summed E-state index contributed by atoms with van der Waals surface area (Å²) in [7, 11) is 1.76. The summed E-state index contributed by atoms with van der Waals surface area (Å²) in [6.07, 6.45) is 2.57. The molecule has 8 heteroatoms. The molecule has 0 bridgehead atoms. The fourth-order valence-corrected chi connectivity index (χ4v) is 2.80. The van der Waals surface area contributed by atoms with Crippen molar-refractivity contribution in [2.45, 2.75) is 33.7 Å². The molecule has 166 valence electrons. The molecule has 1 aromatic carbocycles. The predicted molar refractivity (Wildman–Crippen MR) is 132 cm³/mol. The van der Waals surface area contributed by atoms with E-state index in [4.69, 9.17) is 14.2 Å². The maximum atomic E-state index is 5.70. The number of rotatable bonds is 11. The molecule has 0 unspecified atom stereocenters. The van der Waals surface area contributed by atoms with Crippen LogP contribution in [0.25, 0.3) is 0 Å². The van der Waals surface area contributed by atoms with Gasteiger partial charge >= 0.3 is 0 Å². The average Bonchev–Trinajstić information content (AvgIpc) is 2.74. The molecular weight excluding hydrogens is 495 g/mol. The molecule has 2 aromatic rings. The molecule has 0 radical (unpaired) electrons. The van der Waals surface area contributed by atoms with Crippen molar-refractivity contribution in [2.24, 2.45) is 4.99 Å². The van der Waals surface area contributed by atoms with E-state index in [0.717, 1.165) is 36.0 Å². The Morgan fingerprint density at radius 3 is 2.40 bits per heavy atom. The van der Waals surface area contributed by atoms with Gasteiger partial charge in [-0.2, -0.15) is 0 Å². The van der Waals surface area contributed by atoms with E-state index in [0.29, 0.717) is 32.2 Å². The summed E-state index contributed by atoms with van der Waals surface area (Å²) >= 11 is 0. The summed E-state index contributed by atoms with van der Waals surface area (Å²) in [5, 5.41) is 6.64. The molecule has 0 aliphatic heterocycles. The third-order valence-corrected chi connectivity index (χ3v) is 4.11. The van der Waals surface area contributed by atoms with Gasteiger partial charge in [-0.05, 0) is 51.0 Å². The lowest BCUT2D eigenvalue weighted by atomic mass is 10.1. The van der Waals surface area contributed by atoms with E-state index in [9.17, 15) is 0 Å². The van der Waals surface area contributed by atoms with Gasteiger partial charge in [0.15, 0.2) is 17.5 Å². The van der Waals surface area contributed by atoms with E-state index in [1.165, 1.54) is 5.56 Å². The van der Waals surface area contributed by atoms with Gasteiger partial charge in [-0.25, -0.2) is 4.98 Å². The van der Waals surface area contributed by atoms with E-state index in [2.05, 4.69) is 26.7 Å². The molecule has 30 heavy (non-hydrogen) atoms. The number of ether oxygens (including phenoxy) is 3. The number of nitrogens with zero attached hydrogens (tertiary/aromatic N) is 2. The summed E-state index contributed by atoms with van der Waals surface area (Å²) in [6, 6.07) is 9.96. The highest BCUT2D eigenvalue weighted by Crippen LogP contribution is 2.28. The number of benzene rings is 1. The van der Waals surface area contributed by atoms with Crippen molar-refractivity contribution in [3.8, 4) is 17.4 Å². The van der Waals surface area contributed by atoms with Gasteiger partial charge in [0.1, 0.15) is 0 Å². The summed E-state index contributed by atoms with van der Waals surface area (Å²) < 4.78 is 16.9. The summed E-state index contributed by atoms with van der Waals surface area (Å²) in [5.41, 5.74) is 2.16. The molecule has 0 saturated carbocycles. The Hall–Kier alpha value is -2.23. The molecule has 0 saturated heterocycles. The lowest BCUT2D eigenvalue weighted by Crippen LogP contribution is -2.38. The van der Waals surface area contributed by atoms with Crippen molar-refractivity contribution >= 4 is 29.9 Å². The molecule has 0 amide bonds. The SMILES string of the molecule is CCOc1ccc(CCNC(=NC)NCc2cccnc2OCC)cc1OCC.I. The summed E-state index contributed by atoms with van der Waals surface area (Å²) in [4.78, 5) is 8.56. The maximum Gasteiger partial charge on any atom is 0.218 e. The Balaban J connectivity index is 0.00000450. The number of aromatic nitrogens is 1. The van der Waals surface area contributed by atoms with Gasteiger partial charge in [0.25, 0.3) is 0 Å². The fraction of sp³-hybridized carbons (Fsp3) is 0.455. The quantitative estimate of drug-likeness (QED) is 0.263. The first-order valence-corrected chi connectivity index (χ1v) is 10.1. The van der Waals surface area contributed by atoms with Gasteiger partial charge in [0.05, 0.1) is 19.8 Å². The first-order chi connectivity index (χ1) is 14.2. The number of nitrogens with one attached hydrogen (secondary N) is 2. The zero-order valence-corrected chi connectivity index (χ0v) is 20.6. The van der Waals surface area contributed by atoms with E-state index in [1.807, 2.05) is 45.0 Å². The van der Waals surface area contributed by atoms with Gasteiger partial charge < -0.3 is 24.8 Å². The lowest BCUT2D eigenvalue weighted by molar-refractivity contribution is 0.287. The van der Waals surface area contributed by atoms with E-state index < -0.39 is 0 Å². The topological polar surface area (TPSA) is 77.0 Å².